The Labute approximate surface area is 230 Å². The fourth-order valence-electron chi connectivity index (χ4n) is 6.67. The van der Waals surface area contributed by atoms with Crippen LogP contribution >= 0.6 is 11.6 Å². The Morgan fingerprint density at radius 2 is 1.76 bits per heavy atom. The minimum atomic E-state index is -0.540. The Kier molecular flexibility index (Phi) is 5.98. The van der Waals surface area contributed by atoms with Gasteiger partial charge in [0.25, 0.3) is 0 Å². The summed E-state index contributed by atoms with van der Waals surface area (Å²) in [4.78, 5) is 14.8. The molecule has 2 aromatic rings. The number of aromatic nitrogens is 2. The zero-order valence-electron chi connectivity index (χ0n) is 23.5. The van der Waals surface area contributed by atoms with Gasteiger partial charge in [-0.15, -0.1) is 0 Å². The van der Waals surface area contributed by atoms with Crippen LogP contribution in [0.25, 0.3) is 10.9 Å². The molecule has 1 saturated carbocycles. The predicted octanol–water partition coefficient (Wildman–Crippen LogP) is 5.75. The molecule has 0 spiro atoms. The molecule has 1 amide bonds. The number of nitrogens with zero attached hydrogens (tertiary/aromatic N) is 3. The first kappa shape index (κ1) is 26.4. The van der Waals surface area contributed by atoms with Crippen molar-refractivity contribution in [3.8, 4) is 0 Å². The SMILES string of the molecule is CC(C)(C)OC(=O)N1C[C@@H]2[C@H](C1)C2(B1OC(C)(C)C(C)(C)O1)c1cc(Cl)cc2c1cnn2C1CCCCO1. The van der Waals surface area contributed by atoms with Crippen molar-refractivity contribution in [1.29, 1.82) is 0 Å². The monoisotopic (exact) mass is 543 g/mol. The standard InChI is InChI=1S/C28H39BClN3O5/c1-25(2,3)36-24(34)32-15-20-21(16-32)28(20,29-37-26(4,5)27(6,7)38-29)19-12-17(30)13-22-18(19)14-31-33(22)23-10-8-9-11-35-23/h12-14,20-21,23H,8-11,15-16H2,1-7H3/t20-,21+,23?,28?. The van der Waals surface area contributed by atoms with Crippen LogP contribution in [0.3, 0.4) is 0 Å². The Morgan fingerprint density at radius 1 is 1.11 bits per heavy atom. The molecule has 4 atom stereocenters. The summed E-state index contributed by atoms with van der Waals surface area (Å²) in [6, 6.07) is 4.03. The van der Waals surface area contributed by atoms with Gasteiger partial charge in [0.1, 0.15) is 5.60 Å². The van der Waals surface area contributed by atoms with Crippen molar-refractivity contribution in [2.45, 2.75) is 96.1 Å². The van der Waals surface area contributed by atoms with Gasteiger partial charge in [0.05, 0.1) is 22.9 Å². The maximum Gasteiger partial charge on any atom is 0.469 e. The molecular weight excluding hydrogens is 505 g/mol. The molecule has 6 rings (SSSR count). The summed E-state index contributed by atoms with van der Waals surface area (Å²) in [6.07, 6.45) is 4.68. The molecular formula is C28H39BClN3O5. The van der Waals surface area contributed by atoms with Crippen molar-refractivity contribution in [3.05, 3.63) is 28.9 Å². The van der Waals surface area contributed by atoms with Crippen LogP contribution in [-0.4, -0.2) is 64.4 Å². The summed E-state index contributed by atoms with van der Waals surface area (Å²) < 4.78 is 27.2. The number of piperidine rings is 1. The van der Waals surface area contributed by atoms with Crippen LogP contribution < -0.4 is 0 Å². The molecule has 0 N–H and O–H groups in total. The number of hydrogen-bond donors (Lipinski definition) is 0. The maximum atomic E-state index is 12.9. The van der Waals surface area contributed by atoms with Gasteiger partial charge in [-0.2, -0.15) is 5.10 Å². The number of hydrogen-bond acceptors (Lipinski definition) is 6. The molecule has 38 heavy (non-hydrogen) atoms. The second-order valence-electron chi connectivity index (χ2n) is 13.4. The normalized spacial score (nSPS) is 32.1. The summed E-state index contributed by atoms with van der Waals surface area (Å²) in [7, 11) is -0.473. The highest BCUT2D eigenvalue weighted by atomic mass is 35.5. The van der Waals surface area contributed by atoms with E-state index in [4.69, 9.17) is 35.5 Å². The van der Waals surface area contributed by atoms with Crippen molar-refractivity contribution in [3.63, 3.8) is 0 Å². The molecule has 1 aliphatic carbocycles. The van der Waals surface area contributed by atoms with E-state index in [9.17, 15) is 4.79 Å². The first-order chi connectivity index (χ1) is 17.7. The summed E-state index contributed by atoms with van der Waals surface area (Å²) in [5.41, 5.74) is 0.541. The summed E-state index contributed by atoms with van der Waals surface area (Å²) in [5, 5.41) is 6.03. The summed E-state index contributed by atoms with van der Waals surface area (Å²) >= 11 is 6.80. The highest BCUT2D eigenvalue weighted by Crippen LogP contribution is 2.68. The molecule has 0 bridgehead atoms. The fraction of sp³-hybridized carbons (Fsp3) is 0.714. The number of carbonyl (C=O) groups excluding carboxylic acids is 1. The van der Waals surface area contributed by atoms with E-state index >= 15 is 0 Å². The van der Waals surface area contributed by atoms with Gasteiger partial charge in [0.15, 0.2) is 6.23 Å². The van der Waals surface area contributed by atoms with Crippen molar-refractivity contribution in [2.75, 3.05) is 19.7 Å². The molecule has 206 valence electrons. The molecule has 3 saturated heterocycles. The molecule has 4 aliphatic rings. The van der Waals surface area contributed by atoms with Crippen LogP contribution in [0.5, 0.6) is 0 Å². The van der Waals surface area contributed by atoms with E-state index in [0.29, 0.717) is 18.1 Å². The highest BCUT2D eigenvalue weighted by Gasteiger charge is 2.79. The van der Waals surface area contributed by atoms with Crippen LogP contribution in [0.15, 0.2) is 18.3 Å². The van der Waals surface area contributed by atoms with Gasteiger partial charge in [-0.05, 0) is 97.3 Å². The minimum absolute atomic E-state index is 0.0956. The lowest BCUT2D eigenvalue weighted by molar-refractivity contribution is -0.0366. The van der Waals surface area contributed by atoms with Crippen LogP contribution in [0.4, 0.5) is 4.79 Å². The third-order valence-electron chi connectivity index (χ3n) is 9.31. The number of likely N-dealkylation sites (tertiary alicyclic amines) is 1. The molecule has 4 heterocycles. The van der Waals surface area contributed by atoms with E-state index in [-0.39, 0.29) is 24.2 Å². The topological polar surface area (TPSA) is 75.0 Å². The quantitative estimate of drug-likeness (QED) is 0.459. The van der Waals surface area contributed by atoms with E-state index < -0.39 is 29.2 Å². The number of carbonyl (C=O) groups is 1. The summed E-state index contributed by atoms with van der Waals surface area (Å²) in [6.45, 7) is 15.9. The largest absolute Gasteiger partial charge is 0.469 e. The zero-order valence-corrected chi connectivity index (χ0v) is 24.3. The van der Waals surface area contributed by atoms with E-state index in [2.05, 4.69) is 33.8 Å². The maximum absolute atomic E-state index is 12.9. The van der Waals surface area contributed by atoms with Gasteiger partial charge in [-0.1, -0.05) is 11.6 Å². The van der Waals surface area contributed by atoms with Gasteiger partial charge in [-0.25, -0.2) is 9.48 Å². The van der Waals surface area contributed by atoms with Crippen LogP contribution in [0, 0.1) is 11.8 Å². The van der Waals surface area contributed by atoms with Gasteiger partial charge in [0.2, 0.25) is 0 Å². The molecule has 10 heteroatoms. The molecule has 3 aliphatic heterocycles. The summed E-state index contributed by atoms with van der Waals surface area (Å²) in [5.74, 6) is 0.307. The van der Waals surface area contributed by atoms with Gasteiger partial charge < -0.3 is 23.7 Å². The number of amides is 1. The lowest BCUT2D eigenvalue weighted by Gasteiger charge is -2.32. The van der Waals surface area contributed by atoms with E-state index in [0.717, 1.165) is 42.3 Å². The Balaban J connectivity index is 1.41. The number of fused-ring (bicyclic) bond motifs is 2. The average Bonchev–Trinajstić information content (AvgIpc) is 3.16. The second-order valence-corrected chi connectivity index (χ2v) is 13.9. The van der Waals surface area contributed by atoms with Crippen molar-refractivity contribution in [2.24, 2.45) is 11.8 Å². The Morgan fingerprint density at radius 3 is 2.34 bits per heavy atom. The minimum Gasteiger partial charge on any atom is -0.444 e. The number of ether oxygens (including phenoxy) is 2. The molecule has 8 nitrogen and oxygen atoms in total. The van der Waals surface area contributed by atoms with Gasteiger partial charge in [-0.3, -0.25) is 0 Å². The first-order valence-electron chi connectivity index (χ1n) is 13.9. The van der Waals surface area contributed by atoms with E-state index in [1.165, 1.54) is 0 Å². The fourth-order valence-corrected chi connectivity index (χ4v) is 6.89. The molecule has 1 aromatic heterocycles. The molecule has 0 radical (unpaired) electrons. The third-order valence-corrected chi connectivity index (χ3v) is 9.53. The molecule has 4 fully saturated rings. The van der Waals surface area contributed by atoms with Crippen molar-refractivity contribution < 1.29 is 23.6 Å². The number of halogens is 1. The predicted molar refractivity (Wildman–Crippen MR) is 146 cm³/mol. The second kappa shape index (κ2) is 8.60. The van der Waals surface area contributed by atoms with Crippen LogP contribution in [-0.2, 0) is 24.1 Å². The first-order valence-corrected chi connectivity index (χ1v) is 14.2. The Bertz CT molecular complexity index is 1240. The average molecular weight is 544 g/mol. The van der Waals surface area contributed by atoms with Crippen molar-refractivity contribution in [1.82, 2.24) is 14.7 Å². The van der Waals surface area contributed by atoms with Gasteiger partial charge in [0, 0.05) is 35.4 Å². The van der Waals surface area contributed by atoms with E-state index in [1.54, 1.807) is 0 Å². The highest BCUT2D eigenvalue weighted by molar-refractivity contribution is 6.52. The van der Waals surface area contributed by atoms with Crippen LogP contribution in [0.2, 0.25) is 5.02 Å². The van der Waals surface area contributed by atoms with Crippen LogP contribution in [0.1, 0.15) is 79.5 Å². The third kappa shape index (κ3) is 3.99. The zero-order chi connectivity index (χ0) is 27.3. The molecule has 1 aromatic carbocycles. The Hall–Kier alpha value is -1.81. The van der Waals surface area contributed by atoms with Crippen molar-refractivity contribution >= 4 is 35.7 Å². The van der Waals surface area contributed by atoms with Gasteiger partial charge >= 0.3 is 13.2 Å². The number of rotatable bonds is 3. The lowest BCUT2D eigenvalue weighted by Crippen LogP contribution is -2.45. The number of benzene rings is 1. The van der Waals surface area contributed by atoms with E-state index in [1.807, 2.05) is 42.6 Å². The smallest absolute Gasteiger partial charge is 0.444 e. The molecule has 2 unspecified atom stereocenters. The lowest BCUT2D eigenvalue weighted by atomic mass is 9.60.